The fraction of sp³-hybridized carbons (Fsp3) is 0.619. The van der Waals surface area contributed by atoms with E-state index in [0.29, 0.717) is 18.9 Å². The third-order valence-corrected chi connectivity index (χ3v) is 5.09. The molecule has 0 N–H and O–H groups in total. The maximum absolute atomic E-state index is 13.7. The lowest BCUT2D eigenvalue weighted by molar-refractivity contribution is 0.0263. The lowest BCUT2D eigenvalue weighted by Crippen LogP contribution is -2.37. The Balaban J connectivity index is 2.10. The van der Waals surface area contributed by atoms with Crippen LogP contribution in [-0.4, -0.2) is 36.3 Å². The summed E-state index contributed by atoms with van der Waals surface area (Å²) in [6.07, 6.45) is 4.31. The van der Waals surface area contributed by atoms with Gasteiger partial charge in [0, 0.05) is 26.1 Å². The third-order valence-electron chi connectivity index (χ3n) is 4.80. The molecule has 28 heavy (non-hydrogen) atoms. The maximum Gasteiger partial charge on any atom is 0.410 e. The molecule has 0 aliphatic heterocycles. The molecule has 1 aromatic rings. The van der Waals surface area contributed by atoms with E-state index in [1.165, 1.54) is 11.0 Å². The zero-order chi connectivity index (χ0) is 20.9. The van der Waals surface area contributed by atoms with Crippen LogP contribution in [0.5, 0.6) is 5.75 Å². The van der Waals surface area contributed by atoms with Gasteiger partial charge in [-0.2, -0.15) is 5.26 Å². The summed E-state index contributed by atoms with van der Waals surface area (Å²) in [5.41, 5.74) is -0.440. The number of nitriles is 1. The molecule has 1 aliphatic rings. The fourth-order valence-electron chi connectivity index (χ4n) is 3.35. The molecule has 7 heteroatoms. The highest BCUT2D eigenvalue weighted by Gasteiger charge is 2.29. The smallest absolute Gasteiger partial charge is 0.410 e. The van der Waals surface area contributed by atoms with Crippen molar-refractivity contribution in [2.24, 2.45) is 5.92 Å². The summed E-state index contributed by atoms with van der Waals surface area (Å²) in [6, 6.07) is 4.41. The minimum absolute atomic E-state index is 0.0787. The van der Waals surface area contributed by atoms with Gasteiger partial charge in [-0.3, -0.25) is 0 Å². The van der Waals surface area contributed by atoms with Gasteiger partial charge in [0.25, 0.3) is 0 Å². The van der Waals surface area contributed by atoms with Crippen molar-refractivity contribution in [3.63, 3.8) is 0 Å². The predicted octanol–water partition coefficient (Wildman–Crippen LogP) is 5.55. The number of rotatable bonds is 6. The minimum atomic E-state index is -0.646. The first-order valence-corrected chi connectivity index (χ1v) is 9.98. The Hall–Kier alpha value is -2.00. The molecule has 1 aromatic carbocycles. The lowest BCUT2D eigenvalue weighted by atomic mass is 9.97. The van der Waals surface area contributed by atoms with Crippen LogP contribution in [0.3, 0.4) is 0 Å². The first-order chi connectivity index (χ1) is 13.1. The van der Waals surface area contributed by atoms with Gasteiger partial charge in [-0.05, 0) is 45.6 Å². The van der Waals surface area contributed by atoms with Crippen LogP contribution < -0.4 is 4.74 Å². The van der Waals surface area contributed by atoms with Crippen molar-refractivity contribution in [3.05, 3.63) is 28.5 Å². The van der Waals surface area contributed by atoms with Crippen LogP contribution >= 0.6 is 11.6 Å². The van der Waals surface area contributed by atoms with Gasteiger partial charge in [0.2, 0.25) is 0 Å². The summed E-state index contributed by atoms with van der Waals surface area (Å²) in [4.78, 5) is 13.7. The second-order valence-electron chi connectivity index (χ2n) is 8.27. The standard InChI is InChI=1S/C21H28ClFN2O3/c1-21(2,3)28-20(26)25(4)10-9-18(14-7-5-6-8-14)27-19-12-16(22)17(23)11-15(19)13-24/h11-12,14,18H,5-10H2,1-4H3. The zero-order valence-corrected chi connectivity index (χ0v) is 17.7. The van der Waals surface area contributed by atoms with E-state index in [-0.39, 0.29) is 28.5 Å². The molecule has 1 saturated carbocycles. The number of carbonyl (C=O) groups excluding carboxylic acids is 1. The topological polar surface area (TPSA) is 62.6 Å². The number of halogens is 2. The SMILES string of the molecule is CN(CCC(Oc1cc(Cl)c(F)cc1C#N)C1CCCC1)C(=O)OC(C)(C)C. The molecule has 154 valence electrons. The number of benzene rings is 1. The number of hydrogen-bond acceptors (Lipinski definition) is 4. The van der Waals surface area contributed by atoms with Crippen molar-refractivity contribution in [2.45, 2.75) is 64.6 Å². The summed E-state index contributed by atoms with van der Waals surface area (Å²) in [7, 11) is 1.69. The molecule has 1 unspecified atom stereocenters. The average molecular weight is 411 g/mol. The average Bonchev–Trinajstić information content (AvgIpc) is 3.13. The van der Waals surface area contributed by atoms with Crippen LogP contribution in [0.15, 0.2) is 12.1 Å². The molecule has 1 fully saturated rings. The molecule has 0 spiro atoms. The first-order valence-electron chi connectivity index (χ1n) is 9.60. The molecule has 0 bridgehead atoms. The Morgan fingerprint density at radius 2 is 2.04 bits per heavy atom. The second kappa shape index (κ2) is 9.47. The molecule has 1 aliphatic carbocycles. The Morgan fingerprint density at radius 1 is 1.39 bits per heavy atom. The molecule has 0 saturated heterocycles. The third kappa shape index (κ3) is 6.27. The van der Waals surface area contributed by atoms with Crippen molar-refractivity contribution >= 4 is 17.7 Å². The number of hydrogen-bond donors (Lipinski definition) is 0. The number of nitrogens with zero attached hydrogens (tertiary/aromatic N) is 2. The molecule has 0 radical (unpaired) electrons. The highest BCUT2D eigenvalue weighted by Crippen LogP contribution is 2.34. The van der Waals surface area contributed by atoms with E-state index >= 15 is 0 Å². The van der Waals surface area contributed by atoms with Gasteiger partial charge in [-0.1, -0.05) is 24.4 Å². The highest BCUT2D eigenvalue weighted by molar-refractivity contribution is 6.30. The second-order valence-corrected chi connectivity index (χ2v) is 8.67. The van der Waals surface area contributed by atoms with Gasteiger partial charge in [0.15, 0.2) is 0 Å². The van der Waals surface area contributed by atoms with E-state index < -0.39 is 11.4 Å². The molecule has 1 atom stereocenters. The molecule has 0 heterocycles. The van der Waals surface area contributed by atoms with Crippen LogP contribution in [0.2, 0.25) is 5.02 Å². The van der Waals surface area contributed by atoms with E-state index in [1.807, 2.05) is 26.8 Å². The molecular weight excluding hydrogens is 383 g/mol. The van der Waals surface area contributed by atoms with E-state index in [2.05, 4.69) is 0 Å². The number of amides is 1. The Kier molecular flexibility index (Phi) is 7.54. The molecule has 2 rings (SSSR count). The van der Waals surface area contributed by atoms with Crippen molar-refractivity contribution in [2.75, 3.05) is 13.6 Å². The quantitative estimate of drug-likeness (QED) is 0.617. The van der Waals surface area contributed by atoms with Crippen LogP contribution in [0.25, 0.3) is 0 Å². The normalized spacial score (nSPS) is 15.8. The highest BCUT2D eigenvalue weighted by atomic mass is 35.5. The summed E-state index contributed by atoms with van der Waals surface area (Å²) in [5.74, 6) is -0.0410. The van der Waals surface area contributed by atoms with E-state index in [4.69, 9.17) is 21.1 Å². The fourth-order valence-corrected chi connectivity index (χ4v) is 3.50. The van der Waals surface area contributed by atoms with Crippen molar-refractivity contribution in [1.82, 2.24) is 4.90 Å². The Labute approximate surface area is 171 Å². The monoisotopic (exact) mass is 410 g/mol. The van der Waals surface area contributed by atoms with Crippen molar-refractivity contribution in [3.8, 4) is 11.8 Å². The van der Waals surface area contributed by atoms with Crippen molar-refractivity contribution < 1.29 is 18.7 Å². The van der Waals surface area contributed by atoms with Crippen LogP contribution in [0.4, 0.5) is 9.18 Å². The molecule has 5 nitrogen and oxygen atoms in total. The minimum Gasteiger partial charge on any atom is -0.489 e. The Morgan fingerprint density at radius 3 is 2.61 bits per heavy atom. The number of carbonyl (C=O) groups is 1. The van der Waals surface area contributed by atoms with Gasteiger partial charge in [0.05, 0.1) is 10.6 Å². The van der Waals surface area contributed by atoms with E-state index in [1.54, 1.807) is 7.05 Å². The lowest BCUT2D eigenvalue weighted by Gasteiger charge is -2.29. The van der Waals surface area contributed by atoms with Crippen molar-refractivity contribution in [1.29, 1.82) is 5.26 Å². The maximum atomic E-state index is 13.7. The zero-order valence-electron chi connectivity index (χ0n) is 16.9. The first kappa shape index (κ1) is 22.3. The summed E-state index contributed by atoms with van der Waals surface area (Å²) >= 11 is 5.88. The van der Waals surface area contributed by atoms with Gasteiger partial charge in [0.1, 0.15) is 29.3 Å². The molecule has 1 amide bonds. The van der Waals surface area contributed by atoms with E-state index in [9.17, 15) is 14.4 Å². The number of ether oxygens (including phenoxy) is 2. The van der Waals surface area contributed by atoms with Crippen LogP contribution in [0.1, 0.15) is 58.4 Å². The summed E-state index contributed by atoms with van der Waals surface area (Å²) < 4.78 is 25.2. The largest absolute Gasteiger partial charge is 0.489 e. The van der Waals surface area contributed by atoms with Gasteiger partial charge in [-0.25, -0.2) is 9.18 Å². The van der Waals surface area contributed by atoms with Gasteiger partial charge >= 0.3 is 6.09 Å². The van der Waals surface area contributed by atoms with Gasteiger partial charge < -0.3 is 14.4 Å². The molecule has 0 aromatic heterocycles. The van der Waals surface area contributed by atoms with Crippen LogP contribution in [-0.2, 0) is 4.74 Å². The van der Waals surface area contributed by atoms with Gasteiger partial charge in [-0.15, -0.1) is 0 Å². The predicted molar refractivity (Wildman–Crippen MR) is 106 cm³/mol. The summed E-state index contributed by atoms with van der Waals surface area (Å²) in [5, 5.41) is 9.22. The summed E-state index contributed by atoms with van der Waals surface area (Å²) in [6.45, 7) is 5.92. The molecular formula is C21H28ClFN2O3. The Bertz CT molecular complexity index is 736. The van der Waals surface area contributed by atoms with Crippen LogP contribution in [0, 0.1) is 23.1 Å². The van der Waals surface area contributed by atoms with E-state index in [0.717, 1.165) is 31.7 Å².